The van der Waals surface area contributed by atoms with Crippen LogP contribution in [0.1, 0.15) is 29.3 Å². The molecule has 0 heterocycles. The monoisotopic (exact) mass is 280 g/mol. The molecule has 0 saturated carbocycles. The molecular formula is C19H20O2. The zero-order valence-electron chi connectivity index (χ0n) is 12.5. The molecule has 2 rings (SSSR count). The Morgan fingerprint density at radius 3 is 2.19 bits per heavy atom. The van der Waals surface area contributed by atoms with Crippen molar-refractivity contribution in [3.63, 3.8) is 0 Å². The van der Waals surface area contributed by atoms with Gasteiger partial charge in [-0.15, -0.1) is 0 Å². The second kappa shape index (κ2) is 7.55. The highest BCUT2D eigenvalue weighted by Gasteiger charge is 2.16. The molecule has 0 N–H and O–H groups in total. The Bertz CT molecular complexity index is 600. The van der Waals surface area contributed by atoms with Gasteiger partial charge in [0, 0.05) is 19.1 Å². The Kier molecular flexibility index (Phi) is 5.47. The normalized spacial score (nSPS) is 13.0. The number of methoxy groups -OCH3 is 1. The third kappa shape index (κ3) is 4.40. The number of hydrogen-bond acceptors (Lipinski definition) is 2. The van der Waals surface area contributed by atoms with Crippen LogP contribution in [-0.4, -0.2) is 19.0 Å². The predicted octanol–water partition coefficient (Wildman–Crippen LogP) is 4.38. The molecule has 21 heavy (non-hydrogen) atoms. The third-order valence-corrected chi connectivity index (χ3v) is 3.45. The Labute approximate surface area is 126 Å². The lowest BCUT2D eigenvalue weighted by molar-refractivity contribution is 0.0832. The summed E-state index contributed by atoms with van der Waals surface area (Å²) in [6.45, 7) is 2.00. The summed E-state index contributed by atoms with van der Waals surface area (Å²) in [6, 6.07) is 19.4. The highest BCUT2D eigenvalue weighted by atomic mass is 16.5. The summed E-state index contributed by atoms with van der Waals surface area (Å²) in [4.78, 5) is 12.3. The minimum atomic E-state index is -0.196. The van der Waals surface area contributed by atoms with Gasteiger partial charge in [0.25, 0.3) is 0 Å². The van der Waals surface area contributed by atoms with Crippen molar-refractivity contribution in [3.8, 4) is 0 Å². The third-order valence-electron chi connectivity index (χ3n) is 3.45. The van der Waals surface area contributed by atoms with Crippen molar-refractivity contribution in [1.82, 2.24) is 0 Å². The van der Waals surface area contributed by atoms with E-state index in [0.29, 0.717) is 6.42 Å². The first-order valence-electron chi connectivity index (χ1n) is 7.05. The molecule has 0 aromatic heterocycles. The summed E-state index contributed by atoms with van der Waals surface area (Å²) in [5.74, 6) is 0.100. The van der Waals surface area contributed by atoms with Crippen molar-refractivity contribution in [2.45, 2.75) is 19.4 Å². The molecule has 1 unspecified atom stereocenters. The zero-order valence-corrected chi connectivity index (χ0v) is 12.5. The van der Waals surface area contributed by atoms with Crippen LogP contribution in [0.3, 0.4) is 0 Å². The SMILES string of the molecule is COC(CC(=O)c1ccccc1)/C(C)=C/c1ccccc1. The van der Waals surface area contributed by atoms with E-state index >= 15 is 0 Å². The van der Waals surface area contributed by atoms with Gasteiger partial charge in [-0.1, -0.05) is 66.7 Å². The summed E-state index contributed by atoms with van der Waals surface area (Å²) in [6.07, 6.45) is 2.22. The number of ether oxygens (including phenoxy) is 1. The van der Waals surface area contributed by atoms with E-state index in [4.69, 9.17) is 4.74 Å². The average Bonchev–Trinajstić information content (AvgIpc) is 2.54. The highest BCUT2D eigenvalue weighted by Crippen LogP contribution is 2.17. The molecular weight excluding hydrogens is 260 g/mol. The summed E-state index contributed by atoms with van der Waals surface area (Å²) < 4.78 is 5.49. The summed E-state index contributed by atoms with van der Waals surface area (Å²) in [7, 11) is 1.64. The minimum Gasteiger partial charge on any atom is -0.377 e. The number of carbonyl (C=O) groups excluding carboxylic acids is 1. The summed E-state index contributed by atoms with van der Waals surface area (Å²) in [5, 5.41) is 0. The topological polar surface area (TPSA) is 26.3 Å². The molecule has 108 valence electrons. The summed E-state index contributed by atoms with van der Waals surface area (Å²) >= 11 is 0. The first-order valence-corrected chi connectivity index (χ1v) is 7.05. The van der Waals surface area contributed by atoms with Crippen molar-refractivity contribution in [1.29, 1.82) is 0 Å². The van der Waals surface area contributed by atoms with E-state index in [0.717, 1.165) is 16.7 Å². The van der Waals surface area contributed by atoms with Gasteiger partial charge in [-0.3, -0.25) is 4.79 Å². The second-order valence-corrected chi connectivity index (χ2v) is 5.02. The van der Waals surface area contributed by atoms with E-state index in [-0.39, 0.29) is 11.9 Å². The molecule has 0 amide bonds. The molecule has 0 spiro atoms. The number of benzene rings is 2. The average molecular weight is 280 g/mol. The van der Waals surface area contributed by atoms with Crippen molar-refractivity contribution >= 4 is 11.9 Å². The minimum absolute atomic E-state index is 0.100. The molecule has 2 aromatic carbocycles. The fourth-order valence-corrected chi connectivity index (χ4v) is 2.25. The molecule has 0 aliphatic heterocycles. The van der Waals surface area contributed by atoms with Crippen LogP contribution in [0, 0.1) is 0 Å². The van der Waals surface area contributed by atoms with Crippen LogP contribution < -0.4 is 0 Å². The molecule has 0 aliphatic rings. The van der Waals surface area contributed by atoms with Gasteiger partial charge in [0.1, 0.15) is 0 Å². The lowest BCUT2D eigenvalue weighted by atomic mass is 9.99. The van der Waals surface area contributed by atoms with Crippen molar-refractivity contribution in [2.75, 3.05) is 7.11 Å². The van der Waals surface area contributed by atoms with Crippen LogP contribution in [0.2, 0.25) is 0 Å². The van der Waals surface area contributed by atoms with Crippen molar-refractivity contribution in [2.24, 2.45) is 0 Å². The Morgan fingerprint density at radius 1 is 1.05 bits per heavy atom. The van der Waals surface area contributed by atoms with E-state index < -0.39 is 0 Å². The Hall–Kier alpha value is -2.19. The van der Waals surface area contributed by atoms with Crippen LogP contribution in [0.15, 0.2) is 66.2 Å². The van der Waals surface area contributed by atoms with Crippen molar-refractivity contribution < 1.29 is 9.53 Å². The number of rotatable bonds is 6. The number of hydrogen-bond donors (Lipinski definition) is 0. The molecule has 2 heteroatoms. The molecule has 2 aromatic rings. The molecule has 1 atom stereocenters. The molecule has 2 nitrogen and oxygen atoms in total. The maximum absolute atomic E-state index is 12.3. The van der Waals surface area contributed by atoms with Crippen LogP contribution in [0.5, 0.6) is 0 Å². The van der Waals surface area contributed by atoms with Gasteiger partial charge in [-0.05, 0) is 18.1 Å². The fourth-order valence-electron chi connectivity index (χ4n) is 2.25. The van der Waals surface area contributed by atoms with Crippen LogP contribution in [0.4, 0.5) is 0 Å². The molecule has 0 bridgehead atoms. The molecule has 0 saturated heterocycles. The number of ketones is 1. The van der Waals surface area contributed by atoms with E-state index in [2.05, 4.69) is 6.08 Å². The van der Waals surface area contributed by atoms with Gasteiger partial charge in [-0.25, -0.2) is 0 Å². The quantitative estimate of drug-likeness (QED) is 0.734. The Balaban J connectivity index is 2.09. The van der Waals surface area contributed by atoms with Crippen molar-refractivity contribution in [3.05, 3.63) is 77.4 Å². The smallest absolute Gasteiger partial charge is 0.165 e. The second-order valence-electron chi connectivity index (χ2n) is 5.02. The lowest BCUT2D eigenvalue weighted by Crippen LogP contribution is -2.17. The van der Waals surface area contributed by atoms with E-state index in [1.807, 2.05) is 67.6 Å². The maximum atomic E-state index is 12.3. The van der Waals surface area contributed by atoms with E-state index in [1.54, 1.807) is 7.11 Å². The highest BCUT2D eigenvalue weighted by molar-refractivity contribution is 5.96. The van der Waals surface area contributed by atoms with Crippen LogP contribution in [0.25, 0.3) is 6.08 Å². The maximum Gasteiger partial charge on any atom is 0.165 e. The van der Waals surface area contributed by atoms with Crippen LogP contribution in [-0.2, 0) is 4.74 Å². The fraction of sp³-hybridized carbons (Fsp3) is 0.211. The predicted molar refractivity (Wildman–Crippen MR) is 86.3 cm³/mol. The van der Waals surface area contributed by atoms with Gasteiger partial charge in [0.2, 0.25) is 0 Å². The van der Waals surface area contributed by atoms with E-state index in [9.17, 15) is 4.79 Å². The zero-order chi connectivity index (χ0) is 15.1. The van der Waals surface area contributed by atoms with Gasteiger partial charge >= 0.3 is 0 Å². The van der Waals surface area contributed by atoms with Gasteiger partial charge < -0.3 is 4.74 Å². The largest absolute Gasteiger partial charge is 0.377 e. The molecule has 0 aliphatic carbocycles. The van der Waals surface area contributed by atoms with Gasteiger partial charge in [-0.2, -0.15) is 0 Å². The summed E-state index contributed by atoms with van der Waals surface area (Å²) in [5.41, 5.74) is 2.89. The van der Waals surface area contributed by atoms with Gasteiger partial charge in [0.15, 0.2) is 5.78 Å². The van der Waals surface area contributed by atoms with E-state index in [1.165, 1.54) is 0 Å². The first-order chi connectivity index (χ1) is 10.2. The first kappa shape index (κ1) is 15.2. The molecule has 0 fully saturated rings. The Morgan fingerprint density at radius 2 is 1.62 bits per heavy atom. The van der Waals surface area contributed by atoms with Crippen LogP contribution >= 0.6 is 0 Å². The number of carbonyl (C=O) groups is 1. The van der Waals surface area contributed by atoms with Gasteiger partial charge in [0.05, 0.1) is 6.10 Å². The lowest BCUT2D eigenvalue weighted by Gasteiger charge is -2.15. The molecule has 0 radical (unpaired) electrons. The number of Topliss-reactive ketones (excluding diaryl/α,β-unsaturated/α-hetero) is 1. The standard InChI is InChI=1S/C19H20O2/c1-15(13-16-9-5-3-6-10-16)19(21-2)14-18(20)17-11-7-4-8-12-17/h3-13,19H,14H2,1-2H3/b15-13+.